The Morgan fingerprint density at radius 2 is 2.11 bits per heavy atom. The molecule has 0 aromatic heterocycles. The van der Waals surface area contributed by atoms with Gasteiger partial charge in [0.05, 0.1) is 11.5 Å². The number of likely N-dealkylation sites (tertiary alicyclic amines) is 1. The second kappa shape index (κ2) is 10.8. The van der Waals surface area contributed by atoms with E-state index in [0.29, 0.717) is 39.1 Å². The normalized spacial score (nSPS) is 17.0. The number of benzene rings is 1. The number of para-hydroxylation sites is 1. The van der Waals surface area contributed by atoms with Crippen LogP contribution in [0.4, 0.5) is 8.78 Å². The molecule has 1 atom stereocenters. The third kappa shape index (κ3) is 6.46. The maximum atomic E-state index is 12.8. The zero-order valence-corrected chi connectivity index (χ0v) is 15.5. The van der Waals surface area contributed by atoms with Gasteiger partial charge in [0.25, 0.3) is 5.91 Å². The fourth-order valence-corrected chi connectivity index (χ4v) is 3.06. The quantitative estimate of drug-likeness (QED) is 0.665. The fourth-order valence-electron chi connectivity index (χ4n) is 3.06. The number of piperidine rings is 1. The number of amides is 2. The number of rotatable bonds is 9. The molecular formula is C19H26F2N2O4. The number of hydrogen-bond acceptors (Lipinski definition) is 4. The average Bonchev–Trinajstić information content (AvgIpc) is 2.67. The average molecular weight is 384 g/mol. The number of halogens is 2. The van der Waals surface area contributed by atoms with Crippen molar-refractivity contribution in [3.8, 4) is 5.75 Å². The lowest BCUT2D eigenvalue weighted by Gasteiger charge is -2.32. The second-order valence-electron chi connectivity index (χ2n) is 6.31. The van der Waals surface area contributed by atoms with E-state index in [1.165, 1.54) is 23.1 Å². The maximum absolute atomic E-state index is 12.8. The summed E-state index contributed by atoms with van der Waals surface area (Å²) in [6, 6.07) is 5.92. The summed E-state index contributed by atoms with van der Waals surface area (Å²) in [5, 5.41) is 2.87. The van der Waals surface area contributed by atoms with E-state index < -0.39 is 12.5 Å². The monoisotopic (exact) mass is 384 g/mol. The van der Waals surface area contributed by atoms with Gasteiger partial charge in [-0.2, -0.15) is 8.78 Å². The summed E-state index contributed by atoms with van der Waals surface area (Å²) < 4.78 is 34.8. The second-order valence-corrected chi connectivity index (χ2v) is 6.31. The number of hydrogen-bond donors (Lipinski definition) is 1. The van der Waals surface area contributed by atoms with Gasteiger partial charge in [0.1, 0.15) is 5.75 Å². The first kappa shape index (κ1) is 21.1. The Morgan fingerprint density at radius 1 is 1.33 bits per heavy atom. The molecule has 2 rings (SSSR count). The van der Waals surface area contributed by atoms with Crippen LogP contribution in [-0.2, 0) is 9.53 Å². The zero-order valence-electron chi connectivity index (χ0n) is 15.5. The predicted octanol–water partition coefficient (Wildman–Crippen LogP) is 2.68. The zero-order chi connectivity index (χ0) is 19.6. The number of alkyl halides is 2. The van der Waals surface area contributed by atoms with E-state index >= 15 is 0 Å². The Morgan fingerprint density at radius 3 is 2.85 bits per heavy atom. The molecule has 1 aliphatic rings. The standard InChI is InChI=1S/C19H26F2N2O4/c1-2-26-12-6-10-22-17(24)14-7-5-11-23(13-14)18(25)15-8-3-4-9-16(15)27-19(20)21/h3-4,8-9,14,19H,2,5-7,10-13H2,1H3,(H,22,24). The van der Waals surface area contributed by atoms with Gasteiger partial charge in [-0.25, -0.2) is 0 Å². The summed E-state index contributed by atoms with van der Waals surface area (Å²) in [5.74, 6) is -0.959. The summed E-state index contributed by atoms with van der Waals surface area (Å²) in [7, 11) is 0. The summed E-state index contributed by atoms with van der Waals surface area (Å²) in [4.78, 5) is 26.6. The molecule has 6 nitrogen and oxygen atoms in total. The minimum absolute atomic E-state index is 0.0792. The van der Waals surface area contributed by atoms with E-state index in [9.17, 15) is 18.4 Å². The number of carbonyl (C=O) groups is 2. The van der Waals surface area contributed by atoms with Crippen LogP contribution in [0.1, 0.15) is 36.5 Å². The lowest BCUT2D eigenvalue weighted by molar-refractivity contribution is -0.126. The molecule has 1 aromatic carbocycles. The fraction of sp³-hybridized carbons (Fsp3) is 0.579. The topological polar surface area (TPSA) is 67.9 Å². The van der Waals surface area contributed by atoms with Gasteiger partial charge in [0, 0.05) is 32.8 Å². The summed E-state index contributed by atoms with van der Waals surface area (Å²) in [6.45, 7) is 1.41. The molecule has 8 heteroatoms. The highest BCUT2D eigenvalue weighted by molar-refractivity contribution is 5.97. The molecule has 0 aliphatic carbocycles. The van der Waals surface area contributed by atoms with Crippen LogP contribution >= 0.6 is 0 Å². The van der Waals surface area contributed by atoms with Crippen molar-refractivity contribution in [2.75, 3.05) is 32.8 Å². The van der Waals surface area contributed by atoms with E-state index in [2.05, 4.69) is 10.1 Å². The largest absolute Gasteiger partial charge is 0.434 e. The molecule has 1 aliphatic heterocycles. The van der Waals surface area contributed by atoms with Gasteiger partial charge in [-0.15, -0.1) is 0 Å². The summed E-state index contributed by atoms with van der Waals surface area (Å²) >= 11 is 0. The first-order valence-electron chi connectivity index (χ1n) is 9.21. The van der Waals surface area contributed by atoms with E-state index in [1.807, 2.05) is 6.92 Å². The van der Waals surface area contributed by atoms with Crippen molar-refractivity contribution in [1.82, 2.24) is 10.2 Å². The van der Waals surface area contributed by atoms with Crippen molar-refractivity contribution in [3.05, 3.63) is 29.8 Å². The van der Waals surface area contributed by atoms with Crippen LogP contribution in [0.25, 0.3) is 0 Å². The minimum atomic E-state index is -3.00. The number of nitrogens with one attached hydrogen (secondary N) is 1. The molecule has 0 radical (unpaired) electrons. The molecule has 1 unspecified atom stereocenters. The van der Waals surface area contributed by atoms with Crippen LogP contribution < -0.4 is 10.1 Å². The third-order valence-electron chi connectivity index (χ3n) is 4.38. The smallest absolute Gasteiger partial charge is 0.387 e. The molecule has 0 spiro atoms. The lowest BCUT2D eigenvalue weighted by Crippen LogP contribution is -2.45. The molecule has 0 bridgehead atoms. The van der Waals surface area contributed by atoms with Crippen LogP contribution in [0.3, 0.4) is 0 Å². The van der Waals surface area contributed by atoms with Crippen LogP contribution in [0.2, 0.25) is 0 Å². The predicted molar refractivity (Wildman–Crippen MR) is 95.8 cm³/mol. The van der Waals surface area contributed by atoms with Crippen molar-refractivity contribution < 1.29 is 27.8 Å². The molecule has 150 valence electrons. The Kier molecular flexibility index (Phi) is 8.44. The van der Waals surface area contributed by atoms with Crippen molar-refractivity contribution >= 4 is 11.8 Å². The Labute approximate surface area is 157 Å². The van der Waals surface area contributed by atoms with Crippen LogP contribution in [0.5, 0.6) is 5.75 Å². The lowest BCUT2D eigenvalue weighted by atomic mass is 9.96. The molecule has 1 heterocycles. The van der Waals surface area contributed by atoms with Gasteiger partial charge >= 0.3 is 6.61 Å². The van der Waals surface area contributed by atoms with Crippen LogP contribution in [0, 0.1) is 5.92 Å². The van der Waals surface area contributed by atoms with Gasteiger partial charge in [-0.1, -0.05) is 12.1 Å². The molecular weight excluding hydrogens is 358 g/mol. The summed E-state index contributed by atoms with van der Waals surface area (Å²) in [5.41, 5.74) is 0.0792. The van der Waals surface area contributed by atoms with Gasteiger partial charge in [0.2, 0.25) is 5.91 Å². The number of ether oxygens (including phenoxy) is 2. The Bertz CT molecular complexity index is 627. The first-order chi connectivity index (χ1) is 13.0. The first-order valence-corrected chi connectivity index (χ1v) is 9.21. The minimum Gasteiger partial charge on any atom is -0.434 e. The van der Waals surface area contributed by atoms with Crippen LogP contribution in [-0.4, -0.2) is 56.2 Å². The summed E-state index contributed by atoms with van der Waals surface area (Å²) in [6.07, 6.45) is 2.10. The van der Waals surface area contributed by atoms with E-state index in [-0.39, 0.29) is 29.7 Å². The highest BCUT2D eigenvalue weighted by atomic mass is 19.3. The van der Waals surface area contributed by atoms with Gasteiger partial charge < -0.3 is 19.7 Å². The number of nitrogens with zero attached hydrogens (tertiary/aromatic N) is 1. The van der Waals surface area contributed by atoms with E-state index in [1.54, 1.807) is 6.07 Å². The third-order valence-corrected chi connectivity index (χ3v) is 4.38. The van der Waals surface area contributed by atoms with E-state index in [0.717, 1.165) is 6.42 Å². The molecule has 1 N–H and O–H groups in total. The molecule has 27 heavy (non-hydrogen) atoms. The molecule has 0 saturated carbocycles. The SMILES string of the molecule is CCOCCCNC(=O)C1CCCN(C(=O)c2ccccc2OC(F)F)C1. The highest BCUT2D eigenvalue weighted by Gasteiger charge is 2.30. The van der Waals surface area contributed by atoms with Crippen molar-refractivity contribution in [2.45, 2.75) is 32.8 Å². The van der Waals surface area contributed by atoms with Gasteiger partial charge in [0.15, 0.2) is 0 Å². The van der Waals surface area contributed by atoms with Crippen molar-refractivity contribution in [1.29, 1.82) is 0 Å². The molecule has 2 amide bonds. The maximum Gasteiger partial charge on any atom is 0.387 e. The molecule has 1 saturated heterocycles. The van der Waals surface area contributed by atoms with E-state index in [4.69, 9.17) is 4.74 Å². The highest BCUT2D eigenvalue weighted by Crippen LogP contribution is 2.25. The molecule has 1 aromatic rings. The molecule has 1 fully saturated rings. The van der Waals surface area contributed by atoms with Gasteiger partial charge in [-0.3, -0.25) is 9.59 Å². The van der Waals surface area contributed by atoms with Crippen LogP contribution in [0.15, 0.2) is 24.3 Å². The number of carbonyl (C=O) groups excluding carboxylic acids is 2. The van der Waals surface area contributed by atoms with Crippen molar-refractivity contribution in [3.63, 3.8) is 0 Å². The van der Waals surface area contributed by atoms with Gasteiger partial charge in [-0.05, 0) is 38.3 Å². The van der Waals surface area contributed by atoms with Crippen molar-refractivity contribution in [2.24, 2.45) is 5.92 Å². The Balaban J connectivity index is 1.93. The Hall–Kier alpha value is -2.22.